The maximum Gasteiger partial charge on any atom is 0.269 e. The number of aromatic nitrogens is 4. The fourth-order valence-corrected chi connectivity index (χ4v) is 3.74. The summed E-state index contributed by atoms with van der Waals surface area (Å²) >= 11 is 9.53. The first-order valence-corrected chi connectivity index (χ1v) is 10.4. The monoisotopic (exact) mass is 476 g/mol. The number of para-hydroxylation sites is 1. The molecule has 146 valence electrons. The van der Waals surface area contributed by atoms with Gasteiger partial charge in [-0.3, -0.25) is 9.36 Å². The molecule has 0 N–H and O–H groups in total. The van der Waals surface area contributed by atoms with Gasteiger partial charge >= 0.3 is 0 Å². The molecule has 30 heavy (non-hydrogen) atoms. The van der Waals surface area contributed by atoms with Gasteiger partial charge in [-0.05, 0) is 60.7 Å². The van der Waals surface area contributed by atoms with E-state index in [1.807, 2.05) is 66.7 Å². The molecule has 0 radical (unpaired) electrons. The van der Waals surface area contributed by atoms with Crippen LogP contribution >= 0.6 is 27.5 Å². The lowest BCUT2D eigenvalue weighted by molar-refractivity contribution is 0.888. The Bertz CT molecular complexity index is 1410. The van der Waals surface area contributed by atoms with Crippen molar-refractivity contribution < 1.29 is 0 Å². The number of fused-ring (bicyclic) bond motifs is 1. The largest absolute Gasteiger partial charge is 0.269 e. The predicted molar refractivity (Wildman–Crippen MR) is 123 cm³/mol. The fourth-order valence-electron chi connectivity index (χ4n) is 3.35. The van der Waals surface area contributed by atoms with E-state index in [1.165, 1.54) is 0 Å². The van der Waals surface area contributed by atoms with Crippen molar-refractivity contribution in [3.05, 3.63) is 105 Å². The quantitative estimate of drug-likeness (QED) is 0.337. The van der Waals surface area contributed by atoms with Crippen molar-refractivity contribution in [2.24, 2.45) is 0 Å². The minimum absolute atomic E-state index is 0.186. The molecular formula is C23H14BrClN4O. The first kappa shape index (κ1) is 18.8. The van der Waals surface area contributed by atoms with E-state index in [0.717, 1.165) is 21.4 Å². The standard InChI is InChI=1S/C23H14BrClN4O/c24-16-8-12-18(13-9-16)28-21(15-6-10-17(25)11-7-15)27-22-20(23(28)30)14-26-29(22)19-4-2-1-3-5-19/h1-14H. The van der Waals surface area contributed by atoms with Crippen molar-refractivity contribution in [2.75, 3.05) is 0 Å². The molecule has 0 unspecified atom stereocenters. The van der Waals surface area contributed by atoms with Gasteiger partial charge in [0.05, 0.1) is 17.6 Å². The Kier molecular flexibility index (Phi) is 4.73. The van der Waals surface area contributed by atoms with Crippen LogP contribution in [0.5, 0.6) is 0 Å². The van der Waals surface area contributed by atoms with Gasteiger partial charge in [0.15, 0.2) is 5.65 Å². The molecule has 0 bridgehead atoms. The van der Waals surface area contributed by atoms with Gasteiger partial charge in [-0.25, -0.2) is 9.67 Å². The minimum Gasteiger partial charge on any atom is -0.268 e. The zero-order valence-electron chi connectivity index (χ0n) is 15.5. The zero-order chi connectivity index (χ0) is 20.7. The zero-order valence-corrected chi connectivity index (χ0v) is 17.9. The number of nitrogens with zero attached hydrogens (tertiary/aromatic N) is 4. The molecule has 7 heteroatoms. The van der Waals surface area contributed by atoms with E-state index in [1.54, 1.807) is 27.6 Å². The predicted octanol–water partition coefficient (Wildman–Crippen LogP) is 5.65. The average Bonchev–Trinajstić information content (AvgIpc) is 3.20. The van der Waals surface area contributed by atoms with Gasteiger partial charge in [0.1, 0.15) is 11.2 Å². The third-order valence-electron chi connectivity index (χ3n) is 4.79. The summed E-state index contributed by atoms with van der Waals surface area (Å²) in [5.74, 6) is 0.518. The van der Waals surface area contributed by atoms with Crippen molar-refractivity contribution in [3.8, 4) is 22.8 Å². The van der Waals surface area contributed by atoms with Crippen LogP contribution in [0.4, 0.5) is 0 Å². The van der Waals surface area contributed by atoms with E-state index in [9.17, 15) is 4.79 Å². The second-order valence-electron chi connectivity index (χ2n) is 6.69. The molecule has 0 saturated carbocycles. The summed E-state index contributed by atoms with van der Waals surface area (Å²) in [4.78, 5) is 18.4. The normalized spacial score (nSPS) is 11.1. The molecule has 0 spiro atoms. The highest BCUT2D eigenvalue weighted by molar-refractivity contribution is 9.10. The van der Waals surface area contributed by atoms with Gasteiger partial charge in [0.2, 0.25) is 0 Å². The Balaban J connectivity index is 1.85. The van der Waals surface area contributed by atoms with E-state index in [0.29, 0.717) is 21.9 Å². The summed E-state index contributed by atoms with van der Waals surface area (Å²) in [5, 5.41) is 5.50. The molecule has 0 aliphatic heterocycles. The van der Waals surface area contributed by atoms with Crippen molar-refractivity contribution >= 4 is 38.6 Å². The molecule has 3 aromatic carbocycles. The Morgan fingerprint density at radius 3 is 2.23 bits per heavy atom. The second-order valence-corrected chi connectivity index (χ2v) is 8.04. The van der Waals surface area contributed by atoms with Crippen molar-refractivity contribution in [1.82, 2.24) is 19.3 Å². The number of halogens is 2. The second kappa shape index (κ2) is 7.55. The molecule has 5 aromatic rings. The molecule has 0 aliphatic rings. The Hall–Kier alpha value is -3.22. The number of hydrogen-bond donors (Lipinski definition) is 0. The van der Waals surface area contributed by atoms with Gasteiger partial charge in [-0.15, -0.1) is 0 Å². The van der Waals surface area contributed by atoms with Crippen molar-refractivity contribution in [2.45, 2.75) is 0 Å². The number of rotatable bonds is 3. The van der Waals surface area contributed by atoms with Gasteiger partial charge in [-0.1, -0.05) is 45.7 Å². The molecule has 5 nitrogen and oxygen atoms in total. The van der Waals surface area contributed by atoms with Crippen LogP contribution in [0.25, 0.3) is 33.8 Å². The third-order valence-corrected chi connectivity index (χ3v) is 5.57. The first-order chi connectivity index (χ1) is 14.6. The third kappa shape index (κ3) is 3.24. The molecule has 0 amide bonds. The lowest BCUT2D eigenvalue weighted by atomic mass is 10.2. The summed E-state index contributed by atoms with van der Waals surface area (Å²) in [7, 11) is 0. The van der Waals surface area contributed by atoms with Crippen LogP contribution in [0.2, 0.25) is 5.02 Å². The maximum absolute atomic E-state index is 13.6. The first-order valence-electron chi connectivity index (χ1n) is 9.20. The van der Waals surface area contributed by atoms with E-state index >= 15 is 0 Å². The molecular weight excluding hydrogens is 464 g/mol. The highest BCUT2D eigenvalue weighted by Crippen LogP contribution is 2.25. The van der Waals surface area contributed by atoms with Crippen molar-refractivity contribution in [3.63, 3.8) is 0 Å². The minimum atomic E-state index is -0.186. The Labute approximate surface area is 185 Å². The molecule has 2 aromatic heterocycles. The topological polar surface area (TPSA) is 52.7 Å². The molecule has 0 atom stereocenters. The average molecular weight is 478 g/mol. The number of hydrogen-bond acceptors (Lipinski definition) is 3. The van der Waals surface area contributed by atoms with E-state index in [-0.39, 0.29) is 5.56 Å². The van der Waals surface area contributed by atoms with Gasteiger partial charge in [-0.2, -0.15) is 5.10 Å². The van der Waals surface area contributed by atoms with Gasteiger partial charge < -0.3 is 0 Å². The summed E-state index contributed by atoms with van der Waals surface area (Å²) in [5.41, 5.74) is 2.65. The molecule has 2 heterocycles. The fraction of sp³-hybridized carbons (Fsp3) is 0. The molecule has 5 rings (SSSR count). The van der Waals surface area contributed by atoms with Crippen LogP contribution in [0.15, 0.2) is 94.3 Å². The summed E-state index contributed by atoms with van der Waals surface area (Å²) in [6.45, 7) is 0. The highest BCUT2D eigenvalue weighted by atomic mass is 79.9. The van der Waals surface area contributed by atoms with Crippen LogP contribution in [0.3, 0.4) is 0 Å². The van der Waals surface area contributed by atoms with E-state index in [4.69, 9.17) is 16.6 Å². The highest BCUT2D eigenvalue weighted by Gasteiger charge is 2.18. The van der Waals surface area contributed by atoms with Crippen LogP contribution in [-0.4, -0.2) is 19.3 Å². The van der Waals surface area contributed by atoms with Gasteiger partial charge in [0, 0.05) is 15.1 Å². The summed E-state index contributed by atoms with van der Waals surface area (Å²) in [6, 6.07) is 24.5. The molecule has 0 saturated heterocycles. The van der Waals surface area contributed by atoms with Crippen LogP contribution in [0, 0.1) is 0 Å². The smallest absolute Gasteiger partial charge is 0.268 e. The maximum atomic E-state index is 13.6. The molecule has 0 aliphatic carbocycles. The Morgan fingerprint density at radius 2 is 1.53 bits per heavy atom. The van der Waals surface area contributed by atoms with Crippen LogP contribution in [-0.2, 0) is 0 Å². The Morgan fingerprint density at radius 1 is 0.833 bits per heavy atom. The van der Waals surface area contributed by atoms with Crippen molar-refractivity contribution in [1.29, 1.82) is 0 Å². The molecule has 0 fully saturated rings. The van der Waals surface area contributed by atoms with Gasteiger partial charge in [0.25, 0.3) is 5.56 Å². The SMILES string of the molecule is O=c1c2cnn(-c3ccccc3)c2nc(-c2ccc(Cl)cc2)n1-c1ccc(Br)cc1. The van der Waals surface area contributed by atoms with E-state index < -0.39 is 0 Å². The van der Waals surface area contributed by atoms with Crippen LogP contribution < -0.4 is 5.56 Å². The lowest BCUT2D eigenvalue weighted by Crippen LogP contribution is -2.22. The van der Waals surface area contributed by atoms with E-state index in [2.05, 4.69) is 21.0 Å². The summed E-state index contributed by atoms with van der Waals surface area (Å²) in [6.07, 6.45) is 1.57. The lowest BCUT2D eigenvalue weighted by Gasteiger charge is -2.13. The summed E-state index contributed by atoms with van der Waals surface area (Å²) < 4.78 is 4.22. The van der Waals surface area contributed by atoms with Crippen LogP contribution in [0.1, 0.15) is 0 Å². The number of benzene rings is 3.